The van der Waals surface area contributed by atoms with Crippen LogP contribution < -0.4 is 5.32 Å². The van der Waals surface area contributed by atoms with E-state index in [2.05, 4.69) is 5.32 Å². The molecule has 5 heteroatoms. The minimum Gasteiger partial charge on any atom is -0.481 e. The van der Waals surface area contributed by atoms with Crippen LogP contribution in [0.3, 0.4) is 0 Å². The zero-order valence-electron chi connectivity index (χ0n) is 12.9. The smallest absolute Gasteiger partial charge is 0.303 e. The van der Waals surface area contributed by atoms with Crippen molar-refractivity contribution in [1.29, 1.82) is 0 Å². The van der Waals surface area contributed by atoms with Crippen molar-refractivity contribution in [2.45, 2.75) is 76.7 Å². The molecular formula is C16H29NO4. The van der Waals surface area contributed by atoms with Crippen molar-refractivity contribution in [3.63, 3.8) is 0 Å². The summed E-state index contributed by atoms with van der Waals surface area (Å²) in [6.45, 7) is 1.46. The number of carboxylic acid groups (broad SMARTS) is 1. The van der Waals surface area contributed by atoms with Crippen LogP contribution in [0.1, 0.15) is 70.6 Å². The molecule has 1 rings (SSSR count). The maximum absolute atomic E-state index is 11.7. The molecule has 1 aliphatic heterocycles. The lowest BCUT2D eigenvalue weighted by Crippen LogP contribution is -2.34. The van der Waals surface area contributed by atoms with Crippen LogP contribution in [-0.2, 0) is 14.3 Å². The minimum atomic E-state index is -0.694. The number of hydrogen-bond acceptors (Lipinski definition) is 3. The van der Waals surface area contributed by atoms with Gasteiger partial charge in [-0.3, -0.25) is 9.59 Å². The molecule has 1 aliphatic rings. The summed E-state index contributed by atoms with van der Waals surface area (Å²) in [7, 11) is 0. The molecule has 0 saturated carbocycles. The number of ether oxygens (including phenoxy) is 1. The van der Waals surface area contributed by atoms with E-state index in [0.717, 1.165) is 51.5 Å². The molecule has 0 spiro atoms. The lowest BCUT2D eigenvalue weighted by molar-refractivity contribution is -0.137. The van der Waals surface area contributed by atoms with Gasteiger partial charge in [-0.1, -0.05) is 38.5 Å². The minimum absolute atomic E-state index is 0.0472. The summed E-state index contributed by atoms with van der Waals surface area (Å²) in [6, 6.07) is 0. The van der Waals surface area contributed by atoms with E-state index >= 15 is 0 Å². The maximum Gasteiger partial charge on any atom is 0.303 e. The number of carbonyl (C=O) groups is 2. The molecule has 5 nitrogen and oxygen atoms in total. The Morgan fingerprint density at radius 2 is 1.62 bits per heavy atom. The summed E-state index contributed by atoms with van der Waals surface area (Å²) in [4.78, 5) is 22.0. The quantitative estimate of drug-likeness (QED) is 0.543. The fraction of sp³-hybridized carbons (Fsp3) is 0.875. The van der Waals surface area contributed by atoms with Gasteiger partial charge in [0, 0.05) is 19.6 Å². The first-order valence-corrected chi connectivity index (χ1v) is 8.31. The van der Waals surface area contributed by atoms with Crippen LogP contribution in [0.25, 0.3) is 0 Å². The van der Waals surface area contributed by atoms with Gasteiger partial charge in [0.15, 0.2) is 0 Å². The first-order chi connectivity index (χ1) is 10.2. The van der Waals surface area contributed by atoms with Crippen LogP contribution >= 0.6 is 0 Å². The number of unbranched alkanes of at least 4 members (excludes halogenated alkanes) is 7. The number of nitrogens with one attached hydrogen (secondary N) is 1. The normalized spacial score (nSPS) is 17.8. The fourth-order valence-corrected chi connectivity index (χ4v) is 2.57. The van der Waals surface area contributed by atoms with Gasteiger partial charge in [-0.15, -0.1) is 0 Å². The summed E-state index contributed by atoms with van der Waals surface area (Å²) in [5.74, 6) is -0.647. The molecule has 1 atom stereocenters. The van der Waals surface area contributed by atoms with Gasteiger partial charge in [-0.05, 0) is 25.7 Å². The predicted octanol–water partition coefficient (Wildman–Crippen LogP) is 2.88. The van der Waals surface area contributed by atoms with Crippen molar-refractivity contribution in [3.05, 3.63) is 0 Å². The molecule has 2 N–H and O–H groups in total. The molecule has 0 radical (unpaired) electrons. The van der Waals surface area contributed by atoms with Crippen molar-refractivity contribution in [2.24, 2.45) is 0 Å². The van der Waals surface area contributed by atoms with E-state index < -0.39 is 5.97 Å². The van der Waals surface area contributed by atoms with Gasteiger partial charge >= 0.3 is 5.97 Å². The monoisotopic (exact) mass is 299 g/mol. The zero-order chi connectivity index (χ0) is 15.3. The van der Waals surface area contributed by atoms with E-state index in [4.69, 9.17) is 9.84 Å². The van der Waals surface area contributed by atoms with Crippen molar-refractivity contribution < 1.29 is 19.4 Å². The van der Waals surface area contributed by atoms with Gasteiger partial charge < -0.3 is 15.2 Å². The fourth-order valence-electron chi connectivity index (χ4n) is 2.57. The van der Waals surface area contributed by atoms with Crippen LogP contribution in [0.2, 0.25) is 0 Å². The van der Waals surface area contributed by atoms with Crippen LogP contribution in [-0.4, -0.2) is 36.2 Å². The van der Waals surface area contributed by atoms with Crippen molar-refractivity contribution in [2.75, 3.05) is 13.2 Å². The molecule has 21 heavy (non-hydrogen) atoms. The standard InChI is InChI=1S/C16H29NO4/c18-15(19)11-7-5-3-1-2-4-6-8-12-17-16(20)14-10-9-13-21-14/h14H,1-13H2,(H,17,20)(H,18,19). The summed E-state index contributed by atoms with van der Waals surface area (Å²) < 4.78 is 5.32. The second-order valence-electron chi connectivity index (χ2n) is 5.76. The predicted molar refractivity (Wildman–Crippen MR) is 81.2 cm³/mol. The summed E-state index contributed by atoms with van der Waals surface area (Å²) in [6.07, 6.45) is 10.6. The molecule has 1 heterocycles. The average Bonchev–Trinajstić information content (AvgIpc) is 2.98. The first kappa shape index (κ1) is 18.0. The van der Waals surface area contributed by atoms with Crippen molar-refractivity contribution in [1.82, 2.24) is 5.32 Å². The number of amides is 1. The largest absolute Gasteiger partial charge is 0.481 e. The van der Waals surface area contributed by atoms with Crippen molar-refractivity contribution in [3.8, 4) is 0 Å². The van der Waals surface area contributed by atoms with E-state index in [0.29, 0.717) is 13.0 Å². The van der Waals surface area contributed by atoms with Gasteiger partial charge in [-0.25, -0.2) is 0 Å². The molecular weight excluding hydrogens is 270 g/mol. The highest BCUT2D eigenvalue weighted by atomic mass is 16.5. The molecule has 0 aromatic carbocycles. The molecule has 1 saturated heterocycles. The van der Waals surface area contributed by atoms with E-state index in [9.17, 15) is 9.59 Å². The Morgan fingerprint density at radius 1 is 1.00 bits per heavy atom. The Labute approximate surface area is 127 Å². The zero-order valence-corrected chi connectivity index (χ0v) is 12.9. The van der Waals surface area contributed by atoms with Gasteiger partial charge in [0.25, 0.3) is 0 Å². The van der Waals surface area contributed by atoms with E-state index in [1.807, 2.05) is 0 Å². The third-order valence-electron chi connectivity index (χ3n) is 3.84. The number of carboxylic acids is 1. The SMILES string of the molecule is O=C(O)CCCCCCCCCCNC(=O)C1CCCO1. The molecule has 122 valence electrons. The highest BCUT2D eigenvalue weighted by molar-refractivity contribution is 5.80. The Bertz CT molecular complexity index is 301. The molecule has 0 bridgehead atoms. The second kappa shape index (κ2) is 11.5. The van der Waals surface area contributed by atoms with E-state index in [1.165, 1.54) is 19.3 Å². The summed E-state index contributed by atoms with van der Waals surface area (Å²) in [5.41, 5.74) is 0. The van der Waals surface area contributed by atoms with Gasteiger partial charge in [0.1, 0.15) is 6.10 Å². The average molecular weight is 299 g/mol. The molecule has 0 aliphatic carbocycles. The van der Waals surface area contributed by atoms with Crippen LogP contribution in [0.15, 0.2) is 0 Å². The number of aliphatic carboxylic acids is 1. The Morgan fingerprint density at radius 3 is 2.19 bits per heavy atom. The Kier molecular flexibility index (Phi) is 9.87. The Hall–Kier alpha value is -1.10. The van der Waals surface area contributed by atoms with Crippen LogP contribution in [0.5, 0.6) is 0 Å². The lowest BCUT2D eigenvalue weighted by Gasteiger charge is -2.10. The van der Waals surface area contributed by atoms with Crippen LogP contribution in [0.4, 0.5) is 0 Å². The van der Waals surface area contributed by atoms with Gasteiger partial charge in [0.2, 0.25) is 5.91 Å². The van der Waals surface area contributed by atoms with E-state index in [-0.39, 0.29) is 12.0 Å². The summed E-state index contributed by atoms with van der Waals surface area (Å²) >= 11 is 0. The molecule has 1 amide bonds. The van der Waals surface area contributed by atoms with Gasteiger partial charge in [-0.2, -0.15) is 0 Å². The van der Waals surface area contributed by atoms with Crippen LogP contribution in [0, 0.1) is 0 Å². The van der Waals surface area contributed by atoms with Crippen molar-refractivity contribution >= 4 is 11.9 Å². The highest BCUT2D eigenvalue weighted by Gasteiger charge is 2.22. The second-order valence-corrected chi connectivity index (χ2v) is 5.76. The molecule has 1 fully saturated rings. The number of hydrogen-bond donors (Lipinski definition) is 2. The molecule has 1 unspecified atom stereocenters. The Balaban J connectivity index is 1.78. The number of carbonyl (C=O) groups excluding carboxylic acids is 1. The topological polar surface area (TPSA) is 75.6 Å². The lowest BCUT2D eigenvalue weighted by atomic mass is 10.1. The molecule has 0 aromatic heterocycles. The third-order valence-corrected chi connectivity index (χ3v) is 3.84. The maximum atomic E-state index is 11.7. The first-order valence-electron chi connectivity index (χ1n) is 8.31. The third kappa shape index (κ3) is 9.45. The summed E-state index contributed by atoms with van der Waals surface area (Å²) in [5, 5.41) is 11.4. The van der Waals surface area contributed by atoms with E-state index in [1.54, 1.807) is 0 Å². The van der Waals surface area contributed by atoms with Gasteiger partial charge in [0.05, 0.1) is 0 Å². The highest BCUT2D eigenvalue weighted by Crippen LogP contribution is 2.12. The molecule has 0 aromatic rings. The number of rotatable bonds is 12.